The lowest BCUT2D eigenvalue weighted by Crippen LogP contribution is -2.28. The molecule has 0 N–H and O–H groups in total. The Bertz CT molecular complexity index is 3180. The Morgan fingerprint density at radius 3 is 1.43 bits per heavy atom. The van der Waals surface area contributed by atoms with Gasteiger partial charge in [-0.25, -0.2) is 0 Å². The fourth-order valence-electron chi connectivity index (χ4n) is 10.6. The van der Waals surface area contributed by atoms with E-state index < -0.39 is 15.4 Å². The van der Waals surface area contributed by atoms with Crippen LogP contribution in [0.2, 0.25) is 0 Å². The Balaban J connectivity index is 1.16. The summed E-state index contributed by atoms with van der Waals surface area (Å²) >= 11 is 0. The fourth-order valence-corrected chi connectivity index (χ4v) is 14.9. The zero-order chi connectivity index (χ0) is 41.8. The van der Waals surface area contributed by atoms with Crippen LogP contribution in [0.1, 0.15) is 22.3 Å². The highest BCUT2D eigenvalue weighted by Gasteiger charge is 2.47. The maximum atomic E-state index is 2.53. The largest absolute Gasteiger partial charge is 0.310 e. The van der Waals surface area contributed by atoms with Gasteiger partial charge in [0.15, 0.2) is 0 Å². The first-order chi connectivity index (χ1) is 31.3. The number of benzene rings is 10. The molecule has 1 aliphatic heterocycles. The predicted molar refractivity (Wildman–Crippen MR) is 263 cm³/mol. The summed E-state index contributed by atoms with van der Waals surface area (Å²) in [6.07, 6.45) is 0. The highest BCUT2D eigenvalue weighted by Crippen LogP contribution is 2.81. The standard InChI is InChI=1S/C61H43NS/c1-6-21-44(22-7-1)45-37-39-48(40-38-45)62(49-41-42-53-52-31-16-18-33-55(52)61(56(53)43-49,46-23-8-2-9-24-46)47-25-10-3-11-26-47)57-34-20-36-59-60(57)54-32-17-19-35-58(54)63(59,50-27-12-4-13-28-50)51-29-14-5-15-30-51/h1-43H. The Labute approximate surface area is 371 Å². The molecule has 0 radical (unpaired) electrons. The highest BCUT2D eigenvalue weighted by molar-refractivity contribution is 8.34. The minimum Gasteiger partial charge on any atom is -0.310 e. The van der Waals surface area contributed by atoms with Crippen LogP contribution in [-0.4, -0.2) is 0 Å². The van der Waals surface area contributed by atoms with Crippen molar-refractivity contribution < 1.29 is 0 Å². The molecular weight excluding hydrogens is 779 g/mol. The molecule has 10 aromatic rings. The molecule has 0 saturated heterocycles. The normalized spacial score (nSPS) is 14.2. The van der Waals surface area contributed by atoms with Crippen LogP contribution in [0.5, 0.6) is 0 Å². The SMILES string of the molecule is c1ccc(-c2ccc(N(c3ccc4c(c3)C(c3ccccc3)(c3ccccc3)c3ccccc3-4)c3cccc4c3-c3ccccc3S4(c3ccccc3)c3ccccc3)cc2)cc1. The maximum Gasteiger partial charge on any atom is 0.0714 e. The van der Waals surface area contributed by atoms with E-state index in [1.807, 2.05) is 0 Å². The van der Waals surface area contributed by atoms with Gasteiger partial charge in [0.2, 0.25) is 0 Å². The van der Waals surface area contributed by atoms with Crippen LogP contribution in [0.25, 0.3) is 33.4 Å². The van der Waals surface area contributed by atoms with Gasteiger partial charge >= 0.3 is 0 Å². The molecule has 0 unspecified atom stereocenters. The summed E-state index contributed by atoms with van der Waals surface area (Å²) in [5.74, 6) is 0. The Hall–Kier alpha value is -7.65. The van der Waals surface area contributed by atoms with Gasteiger partial charge in [0.1, 0.15) is 0 Å². The first-order valence-corrected chi connectivity index (χ1v) is 23.4. The summed E-state index contributed by atoms with van der Waals surface area (Å²) in [5, 5.41) is 0. The van der Waals surface area contributed by atoms with Crippen LogP contribution in [0.3, 0.4) is 0 Å². The summed E-state index contributed by atoms with van der Waals surface area (Å²) in [7, 11) is -1.86. The van der Waals surface area contributed by atoms with Crippen molar-refractivity contribution in [1.82, 2.24) is 0 Å². The lowest BCUT2D eigenvalue weighted by Gasteiger charge is -2.39. The Kier molecular flexibility index (Phi) is 8.88. The van der Waals surface area contributed by atoms with Crippen LogP contribution >= 0.6 is 10.0 Å². The monoisotopic (exact) mass is 821 g/mol. The van der Waals surface area contributed by atoms with E-state index in [4.69, 9.17) is 0 Å². The predicted octanol–water partition coefficient (Wildman–Crippen LogP) is 16.5. The van der Waals surface area contributed by atoms with Crippen molar-refractivity contribution in [2.75, 3.05) is 4.90 Å². The van der Waals surface area contributed by atoms with Crippen LogP contribution in [0.15, 0.2) is 280 Å². The third-order valence-corrected chi connectivity index (χ3v) is 17.2. The Morgan fingerprint density at radius 2 is 0.794 bits per heavy atom. The molecule has 1 nitrogen and oxygen atoms in total. The molecule has 12 rings (SSSR count). The summed E-state index contributed by atoms with van der Waals surface area (Å²) in [6, 6.07) is 97.0. The maximum absolute atomic E-state index is 2.53. The summed E-state index contributed by atoms with van der Waals surface area (Å²) in [5.41, 5.74) is 15.5. The number of anilines is 3. The molecular formula is C61H43NS. The summed E-state index contributed by atoms with van der Waals surface area (Å²) in [6.45, 7) is 0. The van der Waals surface area contributed by atoms with Gasteiger partial charge in [-0.2, -0.15) is 0 Å². The third kappa shape index (κ3) is 5.58. The van der Waals surface area contributed by atoms with Gasteiger partial charge in [-0.05, 0) is 117 Å². The average Bonchev–Trinajstić information content (AvgIpc) is 3.84. The van der Waals surface area contributed by atoms with E-state index in [1.54, 1.807) is 0 Å². The molecule has 0 aromatic heterocycles. The van der Waals surface area contributed by atoms with Gasteiger partial charge in [0.25, 0.3) is 0 Å². The van der Waals surface area contributed by atoms with E-state index in [9.17, 15) is 0 Å². The molecule has 0 atom stereocenters. The van der Waals surface area contributed by atoms with Gasteiger partial charge in [-0.15, -0.1) is 10.0 Å². The number of nitrogens with zero attached hydrogens (tertiary/aromatic N) is 1. The van der Waals surface area contributed by atoms with Crippen molar-refractivity contribution in [3.8, 4) is 33.4 Å². The minimum atomic E-state index is -1.86. The molecule has 1 heterocycles. The topological polar surface area (TPSA) is 3.24 Å². The first kappa shape index (κ1) is 37.1. The molecule has 0 saturated carbocycles. The van der Waals surface area contributed by atoms with Crippen molar-refractivity contribution in [1.29, 1.82) is 0 Å². The first-order valence-electron chi connectivity index (χ1n) is 21.7. The summed E-state index contributed by atoms with van der Waals surface area (Å²) in [4.78, 5) is 7.94. The number of hydrogen-bond donors (Lipinski definition) is 0. The summed E-state index contributed by atoms with van der Waals surface area (Å²) < 4.78 is 0. The van der Waals surface area contributed by atoms with Crippen molar-refractivity contribution >= 4 is 27.1 Å². The molecule has 298 valence electrons. The minimum absolute atomic E-state index is 0.529. The molecule has 0 bridgehead atoms. The average molecular weight is 822 g/mol. The van der Waals surface area contributed by atoms with E-state index in [0.717, 1.165) is 17.1 Å². The number of rotatable bonds is 8. The molecule has 0 spiro atoms. The van der Waals surface area contributed by atoms with Crippen molar-refractivity contribution in [2.45, 2.75) is 25.0 Å². The van der Waals surface area contributed by atoms with Crippen LogP contribution in [-0.2, 0) is 5.41 Å². The van der Waals surface area contributed by atoms with Crippen LogP contribution in [0.4, 0.5) is 17.1 Å². The van der Waals surface area contributed by atoms with E-state index in [0.29, 0.717) is 0 Å². The fraction of sp³-hybridized carbons (Fsp3) is 0.0164. The van der Waals surface area contributed by atoms with E-state index in [-0.39, 0.29) is 0 Å². The second kappa shape index (κ2) is 15.1. The second-order valence-electron chi connectivity index (χ2n) is 16.4. The van der Waals surface area contributed by atoms with Gasteiger partial charge in [-0.3, -0.25) is 0 Å². The quantitative estimate of drug-likeness (QED) is 0.148. The molecule has 63 heavy (non-hydrogen) atoms. The lowest BCUT2D eigenvalue weighted by atomic mass is 9.67. The molecule has 1 aliphatic carbocycles. The molecule has 2 heteroatoms. The zero-order valence-corrected chi connectivity index (χ0v) is 35.5. The van der Waals surface area contributed by atoms with Gasteiger partial charge < -0.3 is 4.90 Å². The van der Waals surface area contributed by atoms with E-state index in [1.165, 1.54) is 75.2 Å². The molecule has 0 amide bonds. The Morgan fingerprint density at radius 1 is 0.317 bits per heavy atom. The van der Waals surface area contributed by atoms with Crippen LogP contribution < -0.4 is 4.90 Å². The van der Waals surface area contributed by atoms with E-state index in [2.05, 4.69) is 266 Å². The van der Waals surface area contributed by atoms with Crippen molar-refractivity contribution in [3.63, 3.8) is 0 Å². The van der Waals surface area contributed by atoms with Gasteiger partial charge in [-0.1, -0.05) is 194 Å². The second-order valence-corrected chi connectivity index (χ2v) is 19.4. The van der Waals surface area contributed by atoms with Crippen molar-refractivity contribution in [2.24, 2.45) is 0 Å². The molecule has 10 aromatic carbocycles. The number of hydrogen-bond acceptors (Lipinski definition) is 1. The molecule has 0 fully saturated rings. The number of fused-ring (bicyclic) bond motifs is 6. The van der Waals surface area contributed by atoms with Crippen LogP contribution in [0, 0.1) is 0 Å². The third-order valence-electron chi connectivity index (χ3n) is 13.2. The molecule has 2 aliphatic rings. The highest BCUT2D eigenvalue weighted by atomic mass is 32.3. The van der Waals surface area contributed by atoms with Gasteiger partial charge in [0, 0.05) is 36.5 Å². The van der Waals surface area contributed by atoms with E-state index >= 15 is 0 Å². The lowest BCUT2D eigenvalue weighted by molar-refractivity contribution is 0.768. The zero-order valence-electron chi connectivity index (χ0n) is 34.7. The smallest absolute Gasteiger partial charge is 0.0714 e. The van der Waals surface area contributed by atoms with Gasteiger partial charge in [0.05, 0.1) is 11.1 Å². The van der Waals surface area contributed by atoms with Crippen molar-refractivity contribution in [3.05, 3.63) is 283 Å².